The highest BCUT2D eigenvalue weighted by molar-refractivity contribution is 5.97. The van der Waals surface area contributed by atoms with Crippen molar-refractivity contribution in [3.05, 3.63) is 57.9 Å². The predicted molar refractivity (Wildman–Crippen MR) is 81.5 cm³/mol. The second-order valence-electron chi connectivity index (χ2n) is 4.77. The van der Waals surface area contributed by atoms with Crippen LogP contribution in [0, 0.1) is 17.0 Å². The van der Waals surface area contributed by atoms with Gasteiger partial charge in [-0.25, -0.2) is 4.79 Å². The second-order valence-corrected chi connectivity index (χ2v) is 4.77. The highest BCUT2D eigenvalue weighted by atomic mass is 16.7. The van der Waals surface area contributed by atoms with Crippen LogP contribution >= 0.6 is 0 Å². The summed E-state index contributed by atoms with van der Waals surface area (Å²) in [6, 6.07) is 5.44. The Bertz CT molecular complexity index is 736. The van der Waals surface area contributed by atoms with Crippen molar-refractivity contribution in [1.82, 2.24) is 9.78 Å². The lowest BCUT2D eigenvalue weighted by molar-refractivity contribution is -0.384. The number of nitro groups is 1. The predicted octanol–water partition coefficient (Wildman–Crippen LogP) is 1.35. The Hall–Kier alpha value is -3.23. The number of non-ortho nitro benzene ring substituents is 1. The first kappa shape index (κ1) is 16.1. The smallest absolute Gasteiger partial charge is 0.336 e. The first-order chi connectivity index (χ1) is 11.0. The van der Waals surface area contributed by atoms with Crippen molar-refractivity contribution in [2.45, 2.75) is 19.9 Å². The van der Waals surface area contributed by atoms with Crippen molar-refractivity contribution < 1.29 is 14.6 Å². The van der Waals surface area contributed by atoms with Crippen LogP contribution in [0.4, 0.5) is 5.69 Å². The van der Waals surface area contributed by atoms with Crippen molar-refractivity contribution >= 4 is 17.5 Å². The van der Waals surface area contributed by atoms with E-state index in [4.69, 9.17) is 10.6 Å². The number of nitrogens with zero attached hydrogens (tertiary/aromatic N) is 4. The standard InChI is InChI=1S/C14H15N5O4/c1-10-8-16-18(9-10)7-6-13(20)23-17-14(15)11-2-4-12(5-3-11)19(21)22/h2-5,8-9H,6-7H2,1H3,(H2,15,17). The fourth-order valence-electron chi connectivity index (χ4n) is 1.75. The normalized spacial score (nSPS) is 11.3. The molecule has 0 aliphatic heterocycles. The van der Waals surface area contributed by atoms with Crippen LogP contribution in [-0.2, 0) is 16.2 Å². The maximum absolute atomic E-state index is 11.6. The first-order valence-corrected chi connectivity index (χ1v) is 6.73. The van der Waals surface area contributed by atoms with Crippen LogP contribution in [0.5, 0.6) is 0 Å². The molecule has 9 nitrogen and oxygen atoms in total. The van der Waals surface area contributed by atoms with Gasteiger partial charge >= 0.3 is 5.97 Å². The van der Waals surface area contributed by atoms with Crippen LogP contribution in [0.3, 0.4) is 0 Å². The number of nitro benzene ring substituents is 1. The van der Waals surface area contributed by atoms with Crippen LogP contribution in [0.15, 0.2) is 41.8 Å². The van der Waals surface area contributed by atoms with Crippen LogP contribution in [-0.4, -0.2) is 26.5 Å². The Labute approximate surface area is 131 Å². The minimum Gasteiger partial charge on any atom is -0.380 e. The molecule has 0 amide bonds. The van der Waals surface area contributed by atoms with E-state index in [-0.39, 0.29) is 17.9 Å². The molecule has 0 spiro atoms. The van der Waals surface area contributed by atoms with Crippen molar-refractivity contribution in [2.75, 3.05) is 0 Å². The molecule has 1 aromatic heterocycles. The van der Waals surface area contributed by atoms with E-state index in [1.807, 2.05) is 13.1 Å². The van der Waals surface area contributed by atoms with Gasteiger partial charge < -0.3 is 10.6 Å². The maximum Gasteiger partial charge on any atom is 0.336 e. The Kier molecular flexibility index (Phi) is 5.03. The van der Waals surface area contributed by atoms with Gasteiger partial charge in [-0.3, -0.25) is 14.8 Å². The van der Waals surface area contributed by atoms with E-state index in [2.05, 4.69) is 10.3 Å². The van der Waals surface area contributed by atoms with Crippen LogP contribution in [0.25, 0.3) is 0 Å². The van der Waals surface area contributed by atoms with Gasteiger partial charge in [0.2, 0.25) is 0 Å². The van der Waals surface area contributed by atoms with E-state index in [9.17, 15) is 14.9 Å². The van der Waals surface area contributed by atoms with E-state index < -0.39 is 10.9 Å². The number of aryl methyl sites for hydroxylation is 2. The monoisotopic (exact) mass is 317 g/mol. The SMILES string of the molecule is Cc1cnn(CCC(=O)O/N=C(\N)c2ccc([N+](=O)[O-])cc2)c1. The Morgan fingerprint density at radius 3 is 2.70 bits per heavy atom. The highest BCUT2D eigenvalue weighted by Gasteiger charge is 2.08. The molecule has 0 saturated heterocycles. The topological polar surface area (TPSA) is 126 Å². The molecular formula is C14H15N5O4. The summed E-state index contributed by atoms with van der Waals surface area (Å²) in [7, 11) is 0. The van der Waals surface area contributed by atoms with Gasteiger partial charge in [-0.15, -0.1) is 0 Å². The summed E-state index contributed by atoms with van der Waals surface area (Å²) < 4.78 is 1.62. The van der Waals surface area contributed by atoms with Gasteiger partial charge in [-0.05, 0) is 24.6 Å². The number of nitrogens with two attached hydrogens (primary N) is 1. The van der Waals surface area contributed by atoms with Crippen molar-refractivity contribution in [3.63, 3.8) is 0 Å². The molecule has 1 heterocycles. The third-order valence-electron chi connectivity index (χ3n) is 2.93. The molecule has 0 atom stereocenters. The molecule has 0 fully saturated rings. The number of carbonyl (C=O) groups is 1. The molecule has 2 aromatic rings. The molecule has 2 rings (SSSR count). The molecule has 0 bridgehead atoms. The van der Waals surface area contributed by atoms with Gasteiger partial charge in [0.1, 0.15) is 0 Å². The number of rotatable bonds is 6. The minimum atomic E-state index is -0.553. The number of amidine groups is 1. The Balaban J connectivity index is 1.88. The molecule has 9 heteroatoms. The third kappa shape index (κ3) is 4.63. The van der Waals surface area contributed by atoms with Gasteiger partial charge in [0, 0.05) is 23.9 Å². The Morgan fingerprint density at radius 1 is 1.43 bits per heavy atom. The van der Waals surface area contributed by atoms with E-state index >= 15 is 0 Å². The van der Waals surface area contributed by atoms with Gasteiger partial charge in [-0.1, -0.05) is 5.16 Å². The number of oxime groups is 1. The van der Waals surface area contributed by atoms with Gasteiger partial charge in [-0.2, -0.15) is 5.10 Å². The van der Waals surface area contributed by atoms with Crippen LogP contribution in [0.2, 0.25) is 0 Å². The average molecular weight is 317 g/mol. The number of aromatic nitrogens is 2. The van der Waals surface area contributed by atoms with E-state index in [0.717, 1.165) is 5.56 Å². The molecule has 2 N–H and O–H groups in total. The molecule has 0 aliphatic rings. The number of hydrogen-bond acceptors (Lipinski definition) is 6. The zero-order valence-electron chi connectivity index (χ0n) is 12.4. The lowest BCUT2D eigenvalue weighted by Crippen LogP contribution is -2.15. The molecule has 0 unspecified atom stereocenters. The van der Waals surface area contributed by atoms with Crippen LogP contribution in [0.1, 0.15) is 17.5 Å². The molecular weight excluding hydrogens is 302 g/mol. The zero-order chi connectivity index (χ0) is 16.8. The summed E-state index contributed by atoms with van der Waals surface area (Å²) in [5, 5.41) is 18.1. The van der Waals surface area contributed by atoms with Crippen molar-refractivity contribution in [1.29, 1.82) is 0 Å². The summed E-state index contributed by atoms with van der Waals surface area (Å²) in [6.45, 7) is 2.27. The van der Waals surface area contributed by atoms with Crippen molar-refractivity contribution in [2.24, 2.45) is 10.9 Å². The highest BCUT2D eigenvalue weighted by Crippen LogP contribution is 2.11. The number of benzene rings is 1. The number of hydrogen-bond donors (Lipinski definition) is 1. The lowest BCUT2D eigenvalue weighted by Gasteiger charge is -2.02. The van der Waals surface area contributed by atoms with Gasteiger partial charge in [0.15, 0.2) is 5.84 Å². The summed E-state index contributed by atoms with van der Waals surface area (Å²) in [5.74, 6) is -0.591. The summed E-state index contributed by atoms with van der Waals surface area (Å²) in [6.07, 6.45) is 3.59. The second kappa shape index (κ2) is 7.16. The average Bonchev–Trinajstić information content (AvgIpc) is 2.96. The molecule has 0 saturated carbocycles. The maximum atomic E-state index is 11.6. The lowest BCUT2D eigenvalue weighted by atomic mass is 10.2. The molecule has 0 aliphatic carbocycles. The third-order valence-corrected chi connectivity index (χ3v) is 2.93. The van der Waals surface area contributed by atoms with E-state index in [0.29, 0.717) is 12.1 Å². The zero-order valence-corrected chi connectivity index (χ0v) is 12.4. The summed E-state index contributed by atoms with van der Waals surface area (Å²) in [5.41, 5.74) is 7.02. The van der Waals surface area contributed by atoms with Crippen molar-refractivity contribution in [3.8, 4) is 0 Å². The largest absolute Gasteiger partial charge is 0.380 e. The first-order valence-electron chi connectivity index (χ1n) is 6.73. The number of carbonyl (C=O) groups excluding carboxylic acids is 1. The summed E-state index contributed by atoms with van der Waals surface area (Å²) in [4.78, 5) is 26.3. The fraction of sp³-hybridized carbons (Fsp3) is 0.214. The molecule has 0 radical (unpaired) electrons. The van der Waals surface area contributed by atoms with Gasteiger partial charge in [0.25, 0.3) is 5.69 Å². The van der Waals surface area contributed by atoms with E-state index in [1.54, 1.807) is 10.9 Å². The molecule has 1 aromatic carbocycles. The molecule has 23 heavy (non-hydrogen) atoms. The fourth-order valence-corrected chi connectivity index (χ4v) is 1.75. The minimum absolute atomic E-state index is 0.0387. The van der Waals surface area contributed by atoms with E-state index in [1.165, 1.54) is 24.3 Å². The quantitative estimate of drug-likeness (QED) is 0.282. The van der Waals surface area contributed by atoms with Crippen LogP contribution < -0.4 is 5.73 Å². The molecule has 120 valence electrons. The van der Waals surface area contributed by atoms with Gasteiger partial charge in [0.05, 0.1) is 24.1 Å². The summed E-state index contributed by atoms with van der Waals surface area (Å²) >= 11 is 0. The Morgan fingerprint density at radius 2 is 2.13 bits per heavy atom.